The van der Waals surface area contributed by atoms with Gasteiger partial charge >= 0.3 is 0 Å². The molecular formula is C24H26FN3O2S. The summed E-state index contributed by atoms with van der Waals surface area (Å²) in [4.78, 5) is 30.5. The average Bonchev–Trinajstić information content (AvgIpc) is 2.76. The number of nitrogens with zero attached hydrogens (tertiary/aromatic N) is 2. The smallest absolute Gasteiger partial charge is 0.266 e. The van der Waals surface area contributed by atoms with Gasteiger partial charge in [-0.15, -0.1) is 0 Å². The van der Waals surface area contributed by atoms with Gasteiger partial charge in [0.2, 0.25) is 5.91 Å². The van der Waals surface area contributed by atoms with E-state index in [0.717, 1.165) is 12.8 Å². The standard InChI is InChI=1S/C24H26FN3O2S/c1-15-6-5-9-20(16(15)2)26-22(29)14-31-24-27-21-8-4-3-7-19(21)23(30)28(24)18-12-10-17(25)11-13-18/h3-4,7-8,10-13,15-16,20H,5-6,9,14H2,1-2H3,(H,26,29)/t15-,16-,20-/m1/s1. The van der Waals surface area contributed by atoms with Gasteiger partial charge in [0.1, 0.15) is 5.82 Å². The van der Waals surface area contributed by atoms with Crippen LogP contribution < -0.4 is 10.9 Å². The number of thioether (sulfide) groups is 1. The van der Waals surface area contributed by atoms with Gasteiger partial charge in [0.05, 0.1) is 22.3 Å². The molecule has 1 amide bonds. The van der Waals surface area contributed by atoms with Gasteiger partial charge in [-0.25, -0.2) is 9.37 Å². The molecule has 3 atom stereocenters. The van der Waals surface area contributed by atoms with Crippen LogP contribution in [0.15, 0.2) is 58.5 Å². The highest BCUT2D eigenvalue weighted by atomic mass is 32.2. The second kappa shape index (κ2) is 9.22. The maximum absolute atomic E-state index is 13.4. The predicted octanol–water partition coefficient (Wildman–Crippen LogP) is 4.56. The van der Waals surface area contributed by atoms with Crippen LogP contribution >= 0.6 is 11.8 Å². The summed E-state index contributed by atoms with van der Waals surface area (Å²) in [5.41, 5.74) is 0.848. The van der Waals surface area contributed by atoms with Crippen LogP contribution in [-0.2, 0) is 4.79 Å². The number of hydrogen-bond acceptors (Lipinski definition) is 4. The van der Waals surface area contributed by atoms with Crippen molar-refractivity contribution in [3.05, 3.63) is 64.7 Å². The summed E-state index contributed by atoms with van der Waals surface area (Å²) in [6, 6.07) is 13.0. The molecule has 0 bridgehead atoms. The zero-order chi connectivity index (χ0) is 22.0. The molecule has 0 saturated heterocycles. The fraction of sp³-hybridized carbons (Fsp3) is 0.375. The summed E-state index contributed by atoms with van der Waals surface area (Å²) >= 11 is 1.22. The average molecular weight is 440 g/mol. The predicted molar refractivity (Wildman–Crippen MR) is 122 cm³/mol. The molecular weight excluding hydrogens is 413 g/mol. The van der Waals surface area contributed by atoms with Crippen molar-refractivity contribution in [1.29, 1.82) is 0 Å². The lowest BCUT2D eigenvalue weighted by Gasteiger charge is -2.34. The molecule has 0 unspecified atom stereocenters. The van der Waals surface area contributed by atoms with Gasteiger partial charge in [0.25, 0.3) is 5.56 Å². The van der Waals surface area contributed by atoms with Crippen LogP contribution in [0.3, 0.4) is 0 Å². The quantitative estimate of drug-likeness (QED) is 0.468. The van der Waals surface area contributed by atoms with Crippen LogP contribution in [0.5, 0.6) is 0 Å². The molecule has 162 valence electrons. The first-order valence-electron chi connectivity index (χ1n) is 10.6. The van der Waals surface area contributed by atoms with Crippen LogP contribution in [0.1, 0.15) is 33.1 Å². The lowest BCUT2D eigenvalue weighted by molar-refractivity contribution is -0.120. The number of fused-ring (bicyclic) bond motifs is 1. The molecule has 1 fully saturated rings. The van der Waals surface area contributed by atoms with E-state index in [9.17, 15) is 14.0 Å². The Kier molecular flexibility index (Phi) is 6.41. The van der Waals surface area contributed by atoms with Crippen molar-refractivity contribution in [2.24, 2.45) is 11.8 Å². The Morgan fingerprint density at radius 1 is 1.16 bits per heavy atom. The van der Waals surface area contributed by atoms with Crippen LogP contribution in [0.25, 0.3) is 16.6 Å². The molecule has 1 aromatic heterocycles. The van der Waals surface area contributed by atoms with Crippen LogP contribution in [0, 0.1) is 17.7 Å². The van der Waals surface area contributed by atoms with Crippen molar-refractivity contribution in [1.82, 2.24) is 14.9 Å². The van der Waals surface area contributed by atoms with Crippen molar-refractivity contribution < 1.29 is 9.18 Å². The van der Waals surface area contributed by atoms with Crippen molar-refractivity contribution in [2.45, 2.75) is 44.3 Å². The molecule has 1 aliphatic carbocycles. The van der Waals surface area contributed by atoms with Gasteiger partial charge in [-0.2, -0.15) is 0 Å². The number of carbonyl (C=O) groups excluding carboxylic acids is 1. The maximum atomic E-state index is 13.4. The Hall–Kier alpha value is -2.67. The molecule has 5 nitrogen and oxygen atoms in total. The summed E-state index contributed by atoms with van der Waals surface area (Å²) in [6.45, 7) is 4.43. The summed E-state index contributed by atoms with van der Waals surface area (Å²) in [7, 11) is 0. The lowest BCUT2D eigenvalue weighted by Crippen LogP contribution is -2.44. The lowest BCUT2D eigenvalue weighted by atomic mass is 9.78. The van der Waals surface area contributed by atoms with Crippen molar-refractivity contribution in [3.63, 3.8) is 0 Å². The van der Waals surface area contributed by atoms with E-state index in [0.29, 0.717) is 33.6 Å². The van der Waals surface area contributed by atoms with E-state index in [2.05, 4.69) is 24.1 Å². The number of aromatic nitrogens is 2. The Balaban J connectivity index is 1.60. The molecule has 2 aromatic carbocycles. The first-order valence-corrected chi connectivity index (χ1v) is 11.6. The largest absolute Gasteiger partial charge is 0.352 e. The normalized spacial score (nSPS) is 21.2. The van der Waals surface area contributed by atoms with Crippen molar-refractivity contribution in [2.75, 3.05) is 5.75 Å². The Labute approximate surface area is 185 Å². The molecule has 31 heavy (non-hydrogen) atoms. The highest BCUT2D eigenvalue weighted by Crippen LogP contribution is 2.29. The Bertz CT molecular complexity index is 1150. The minimum absolute atomic E-state index is 0.0657. The molecule has 7 heteroatoms. The van der Waals surface area contributed by atoms with E-state index in [1.54, 1.807) is 30.3 Å². The zero-order valence-corrected chi connectivity index (χ0v) is 18.5. The number of nitrogens with one attached hydrogen (secondary N) is 1. The van der Waals surface area contributed by atoms with E-state index in [4.69, 9.17) is 0 Å². The first kappa shape index (κ1) is 21.6. The second-order valence-corrected chi connectivity index (χ2v) is 9.20. The van der Waals surface area contributed by atoms with E-state index in [1.807, 2.05) is 6.07 Å². The van der Waals surface area contributed by atoms with Gasteiger partial charge in [-0.3, -0.25) is 14.2 Å². The molecule has 4 rings (SSSR count). The summed E-state index contributed by atoms with van der Waals surface area (Å²) in [5.74, 6) is 0.749. The summed E-state index contributed by atoms with van der Waals surface area (Å²) in [5, 5.41) is 4.05. The van der Waals surface area contributed by atoms with Crippen LogP contribution in [0.4, 0.5) is 4.39 Å². The highest BCUT2D eigenvalue weighted by molar-refractivity contribution is 7.99. The number of rotatable bonds is 5. The zero-order valence-electron chi connectivity index (χ0n) is 17.7. The van der Waals surface area contributed by atoms with E-state index < -0.39 is 0 Å². The number of amides is 1. The van der Waals surface area contributed by atoms with Crippen LogP contribution in [0.2, 0.25) is 0 Å². The van der Waals surface area contributed by atoms with E-state index >= 15 is 0 Å². The summed E-state index contributed by atoms with van der Waals surface area (Å²) < 4.78 is 14.9. The van der Waals surface area contributed by atoms with Gasteiger partial charge < -0.3 is 5.32 Å². The molecule has 0 aliphatic heterocycles. The molecule has 0 radical (unpaired) electrons. The molecule has 1 N–H and O–H groups in total. The van der Waals surface area contributed by atoms with Crippen molar-refractivity contribution >= 4 is 28.6 Å². The maximum Gasteiger partial charge on any atom is 0.266 e. The molecule has 1 aliphatic rings. The SMILES string of the molecule is C[C@@H]1[C@H](C)CCC[C@H]1NC(=O)CSc1nc2ccccc2c(=O)n1-c1ccc(F)cc1. The van der Waals surface area contributed by atoms with Crippen LogP contribution in [-0.4, -0.2) is 27.3 Å². The topological polar surface area (TPSA) is 64.0 Å². The monoisotopic (exact) mass is 439 g/mol. The van der Waals surface area contributed by atoms with E-state index in [-0.39, 0.29) is 29.1 Å². The number of halogens is 1. The Morgan fingerprint density at radius 3 is 2.68 bits per heavy atom. The minimum Gasteiger partial charge on any atom is -0.352 e. The summed E-state index contributed by atoms with van der Waals surface area (Å²) in [6.07, 6.45) is 3.32. The van der Waals surface area contributed by atoms with Gasteiger partial charge in [0, 0.05) is 6.04 Å². The number of carbonyl (C=O) groups is 1. The number of hydrogen-bond donors (Lipinski definition) is 1. The third kappa shape index (κ3) is 4.66. The number of benzene rings is 2. The molecule has 1 saturated carbocycles. The van der Waals surface area contributed by atoms with Gasteiger partial charge in [-0.05, 0) is 54.7 Å². The van der Waals surface area contributed by atoms with Gasteiger partial charge in [0.15, 0.2) is 5.16 Å². The van der Waals surface area contributed by atoms with E-state index in [1.165, 1.54) is 34.9 Å². The molecule has 3 aromatic rings. The second-order valence-electron chi connectivity index (χ2n) is 8.26. The third-order valence-electron chi connectivity index (χ3n) is 6.22. The first-order chi connectivity index (χ1) is 14.9. The highest BCUT2D eigenvalue weighted by Gasteiger charge is 2.28. The molecule has 0 spiro atoms. The minimum atomic E-state index is -0.380. The molecule has 1 heterocycles. The number of para-hydroxylation sites is 1. The van der Waals surface area contributed by atoms with Crippen molar-refractivity contribution in [3.8, 4) is 5.69 Å². The Morgan fingerprint density at radius 2 is 1.90 bits per heavy atom. The van der Waals surface area contributed by atoms with Gasteiger partial charge in [-0.1, -0.05) is 50.6 Å². The fourth-order valence-electron chi connectivity index (χ4n) is 4.19. The fourth-order valence-corrected chi connectivity index (χ4v) is 5.02. The third-order valence-corrected chi connectivity index (χ3v) is 7.15.